The van der Waals surface area contributed by atoms with Gasteiger partial charge in [0.2, 0.25) is 12.3 Å². The molecule has 228 valence electrons. The number of likely N-dealkylation sites (N-methyl/N-ethyl adjacent to an activating group) is 1. The van der Waals surface area contributed by atoms with E-state index in [1.165, 1.54) is 12.1 Å². The lowest BCUT2D eigenvalue weighted by Gasteiger charge is -2.35. The number of rotatable bonds is 9. The number of nitrogens with one attached hydrogen (secondary N) is 2. The second-order valence-electron chi connectivity index (χ2n) is 9.31. The largest absolute Gasteiger partial charge is 0.470 e. The Morgan fingerprint density at radius 2 is 1.69 bits per heavy atom. The molecule has 12 heteroatoms. The van der Waals surface area contributed by atoms with Gasteiger partial charge in [-0.1, -0.05) is 30.3 Å². The summed E-state index contributed by atoms with van der Waals surface area (Å²) in [5, 5.41) is 12.3. The number of carbonyl (C=O) groups excluding carboxylic acids is 1. The van der Waals surface area contributed by atoms with Gasteiger partial charge in [0.1, 0.15) is 11.9 Å². The fourth-order valence-corrected chi connectivity index (χ4v) is 4.04. The van der Waals surface area contributed by atoms with Crippen molar-refractivity contribution >= 4 is 12.2 Å². The minimum Gasteiger partial charge on any atom is -0.470 e. The lowest BCUT2D eigenvalue weighted by Crippen LogP contribution is -2.51. The normalized spacial score (nSPS) is 16.3. The SMILES string of the molecule is C#C.CNc1c(C)c(OC2CN(C)C2)nn1-c1ccccc1.COCCN1CC(NC=O)CO1.Fc1ccccc1F. The Bertz CT molecular complexity index is 1200. The number of para-hydroxylation sites is 1. The summed E-state index contributed by atoms with van der Waals surface area (Å²) in [6.45, 7) is 6.65. The number of hydrogen-bond donors (Lipinski definition) is 2. The average Bonchev–Trinajstić information content (AvgIpc) is 3.58. The van der Waals surface area contributed by atoms with Crippen molar-refractivity contribution in [1.82, 2.24) is 25.1 Å². The van der Waals surface area contributed by atoms with Gasteiger partial charge in [-0.3, -0.25) is 14.5 Å². The standard InChI is InChI=1S/C15H20N4O.C7H14N2O3.C6H4F2.C2H2/c1-11-14(16-2)19(12-7-5-4-6-8-12)17-15(11)20-13-9-18(3)10-13;1-11-3-2-9-4-7(5-12-9)8-6-10;7-5-3-1-2-4-6(5)8;1-2/h4-8,13,16H,9-10H2,1-3H3;6-7H,2-5H2,1H3,(H,8,10);1-4H;1-2H. The minimum atomic E-state index is -0.799. The number of anilines is 1. The molecule has 2 aliphatic heterocycles. The molecule has 0 aliphatic carbocycles. The molecular weight excluding hydrogens is 546 g/mol. The zero-order valence-corrected chi connectivity index (χ0v) is 24.5. The molecule has 3 heterocycles. The van der Waals surface area contributed by atoms with Gasteiger partial charge in [-0.2, -0.15) is 5.06 Å². The monoisotopic (exact) mass is 586 g/mol. The lowest BCUT2D eigenvalue weighted by atomic mass is 10.2. The van der Waals surface area contributed by atoms with Crippen LogP contribution in [0.15, 0.2) is 54.6 Å². The van der Waals surface area contributed by atoms with Crippen molar-refractivity contribution in [2.45, 2.75) is 19.1 Å². The molecule has 1 atom stereocenters. The third-order valence-corrected chi connectivity index (χ3v) is 6.18. The summed E-state index contributed by atoms with van der Waals surface area (Å²) in [4.78, 5) is 17.6. The molecule has 5 rings (SSSR count). The van der Waals surface area contributed by atoms with Crippen molar-refractivity contribution in [2.75, 3.05) is 65.9 Å². The maximum Gasteiger partial charge on any atom is 0.238 e. The smallest absolute Gasteiger partial charge is 0.238 e. The number of likely N-dealkylation sites (tertiary alicyclic amines) is 1. The van der Waals surface area contributed by atoms with Crippen LogP contribution in [0.3, 0.4) is 0 Å². The van der Waals surface area contributed by atoms with Crippen molar-refractivity contribution in [3.8, 4) is 24.4 Å². The summed E-state index contributed by atoms with van der Waals surface area (Å²) in [5.41, 5.74) is 2.08. The highest BCUT2D eigenvalue weighted by atomic mass is 19.2. The van der Waals surface area contributed by atoms with E-state index in [0.717, 1.165) is 61.3 Å². The Hall–Kier alpha value is -4.02. The molecule has 0 radical (unpaired) electrons. The number of ether oxygens (including phenoxy) is 2. The zero-order valence-electron chi connectivity index (χ0n) is 24.5. The molecule has 2 fully saturated rings. The van der Waals surface area contributed by atoms with Gasteiger partial charge in [-0.25, -0.2) is 13.5 Å². The molecule has 1 aromatic heterocycles. The highest BCUT2D eigenvalue weighted by Crippen LogP contribution is 2.29. The molecular formula is C30H40F2N6O4. The first-order valence-electron chi connectivity index (χ1n) is 13.3. The topological polar surface area (TPSA) is 93.1 Å². The van der Waals surface area contributed by atoms with E-state index in [2.05, 4.69) is 40.5 Å². The van der Waals surface area contributed by atoms with E-state index in [-0.39, 0.29) is 12.1 Å². The van der Waals surface area contributed by atoms with Crippen LogP contribution in [0.5, 0.6) is 5.88 Å². The number of terminal acetylenes is 1. The molecule has 1 amide bonds. The van der Waals surface area contributed by atoms with Crippen molar-refractivity contribution in [3.63, 3.8) is 0 Å². The average molecular weight is 587 g/mol. The molecule has 3 aromatic rings. The van der Waals surface area contributed by atoms with E-state index >= 15 is 0 Å². The van der Waals surface area contributed by atoms with Gasteiger partial charge in [-0.05, 0) is 38.2 Å². The van der Waals surface area contributed by atoms with E-state index in [9.17, 15) is 13.6 Å². The third-order valence-electron chi connectivity index (χ3n) is 6.18. The summed E-state index contributed by atoms with van der Waals surface area (Å²) < 4.78 is 36.7. The molecule has 0 spiro atoms. The molecule has 2 aliphatic rings. The van der Waals surface area contributed by atoms with Crippen LogP contribution in [-0.4, -0.2) is 98.9 Å². The maximum absolute atomic E-state index is 11.9. The Labute approximate surface area is 246 Å². The van der Waals surface area contributed by atoms with Crippen LogP contribution in [0.2, 0.25) is 0 Å². The first-order valence-corrected chi connectivity index (χ1v) is 13.3. The Morgan fingerprint density at radius 3 is 2.21 bits per heavy atom. The van der Waals surface area contributed by atoms with Crippen molar-refractivity contribution < 1.29 is 27.9 Å². The Balaban J connectivity index is 0.000000238. The number of carbonyl (C=O) groups is 1. The molecule has 10 nitrogen and oxygen atoms in total. The van der Waals surface area contributed by atoms with Gasteiger partial charge in [0, 0.05) is 40.3 Å². The van der Waals surface area contributed by atoms with Gasteiger partial charge in [0.05, 0.1) is 30.5 Å². The predicted octanol–water partition coefficient (Wildman–Crippen LogP) is 3.12. The second kappa shape index (κ2) is 18.4. The summed E-state index contributed by atoms with van der Waals surface area (Å²) >= 11 is 0. The third kappa shape index (κ3) is 10.4. The highest BCUT2D eigenvalue weighted by Gasteiger charge is 2.27. The molecule has 2 aromatic carbocycles. The summed E-state index contributed by atoms with van der Waals surface area (Å²) in [7, 11) is 5.65. The van der Waals surface area contributed by atoms with E-state index in [1.807, 2.05) is 49.0 Å². The van der Waals surface area contributed by atoms with Crippen LogP contribution in [0.1, 0.15) is 5.56 Å². The number of hydroxylamine groups is 2. The van der Waals surface area contributed by atoms with Gasteiger partial charge < -0.3 is 20.1 Å². The molecule has 0 saturated carbocycles. The number of hydrogen-bond acceptors (Lipinski definition) is 8. The molecule has 42 heavy (non-hydrogen) atoms. The van der Waals surface area contributed by atoms with Crippen LogP contribution in [0, 0.1) is 31.4 Å². The maximum atomic E-state index is 11.9. The number of aromatic nitrogens is 2. The second-order valence-corrected chi connectivity index (χ2v) is 9.31. The molecule has 0 bridgehead atoms. The molecule has 1 unspecified atom stereocenters. The van der Waals surface area contributed by atoms with Crippen LogP contribution >= 0.6 is 0 Å². The quantitative estimate of drug-likeness (QED) is 0.292. The van der Waals surface area contributed by atoms with Crippen molar-refractivity contribution in [1.29, 1.82) is 0 Å². The van der Waals surface area contributed by atoms with Crippen LogP contribution < -0.4 is 15.4 Å². The van der Waals surface area contributed by atoms with Crippen molar-refractivity contribution in [3.05, 3.63) is 71.8 Å². The Morgan fingerprint density at radius 1 is 1.07 bits per heavy atom. The number of nitrogens with zero attached hydrogens (tertiary/aromatic N) is 4. The summed E-state index contributed by atoms with van der Waals surface area (Å²) in [6.07, 6.45) is 8.95. The van der Waals surface area contributed by atoms with Gasteiger partial charge in [0.25, 0.3) is 0 Å². The first kappa shape index (κ1) is 34.2. The van der Waals surface area contributed by atoms with Crippen LogP contribution in [0.25, 0.3) is 5.69 Å². The van der Waals surface area contributed by atoms with Crippen molar-refractivity contribution in [2.24, 2.45) is 0 Å². The van der Waals surface area contributed by atoms with Crippen LogP contribution in [0.4, 0.5) is 14.6 Å². The molecule has 2 N–H and O–H groups in total. The summed E-state index contributed by atoms with van der Waals surface area (Å²) in [6, 6.07) is 15.3. The van der Waals surface area contributed by atoms with Gasteiger partial charge in [0.15, 0.2) is 11.6 Å². The zero-order chi connectivity index (χ0) is 30.9. The highest BCUT2D eigenvalue weighted by molar-refractivity contribution is 5.54. The first-order chi connectivity index (χ1) is 20.4. The fourth-order valence-electron chi connectivity index (χ4n) is 4.04. The number of methoxy groups -OCH3 is 1. The number of benzene rings is 2. The Kier molecular flexibility index (Phi) is 15.0. The predicted molar refractivity (Wildman–Crippen MR) is 158 cm³/mol. The van der Waals surface area contributed by atoms with Gasteiger partial charge in [-0.15, -0.1) is 17.9 Å². The van der Waals surface area contributed by atoms with Crippen LogP contribution in [-0.2, 0) is 14.4 Å². The molecule has 2 saturated heterocycles. The van der Waals surface area contributed by atoms with E-state index in [4.69, 9.17) is 14.3 Å². The summed E-state index contributed by atoms with van der Waals surface area (Å²) in [5.74, 6) is 0.0928. The van der Waals surface area contributed by atoms with E-state index < -0.39 is 11.6 Å². The number of halogens is 2. The number of amides is 1. The van der Waals surface area contributed by atoms with E-state index in [1.54, 1.807) is 12.2 Å². The minimum absolute atomic E-state index is 0.124. The van der Waals surface area contributed by atoms with Gasteiger partial charge >= 0.3 is 0 Å². The van der Waals surface area contributed by atoms with E-state index in [0.29, 0.717) is 19.6 Å². The fraction of sp³-hybridized carbons (Fsp3) is 0.400. The lowest BCUT2D eigenvalue weighted by molar-refractivity contribution is -0.118.